The first-order valence-electron chi connectivity index (χ1n) is 10.3. The lowest BCUT2D eigenvalue weighted by Crippen LogP contribution is -2.44. The van der Waals surface area contributed by atoms with E-state index in [1.54, 1.807) is 30.3 Å². The second kappa shape index (κ2) is 10.4. The molecule has 0 aromatic heterocycles. The fourth-order valence-electron chi connectivity index (χ4n) is 3.89. The summed E-state index contributed by atoms with van der Waals surface area (Å²) in [7, 11) is 0. The molecule has 0 saturated carbocycles. The van der Waals surface area contributed by atoms with Gasteiger partial charge >= 0.3 is 6.18 Å². The van der Waals surface area contributed by atoms with Crippen LogP contribution in [0, 0.1) is 11.6 Å². The predicted molar refractivity (Wildman–Crippen MR) is 114 cm³/mol. The van der Waals surface area contributed by atoms with Gasteiger partial charge < -0.3 is 10.4 Å². The summed E-state index contributed by atoms with van der Waals surface area (Å²) in [5.74, 6) is -1.61. The maximum atomic E-state index is 14.4. The van der Waals surface area contributed by atoms with Gasteiger partial charge in [0.1, 0.15) is 18.3 Å². The molecule has 2 unspecified atom stereocenters. The lowest BCUT2D eigenvalue weighted by molar-refractivity contribution is -0.137. The molecule has 0 aliphatic carbocycles. The minimum Gasteiger partial charge on any atom is -0.389 e. The van der Waals surface area contributed by atoms with Gasteiger partial charge in [0.15, 0.2) is 0 Å². The van der Waals surface area contributed by atoms with Crippen LogP contribution in [0.3, 0.4) is 0 Å². The fourth-order valence-corrected chi connectivity index (χ4v) is 3.89. The van der Waals surface area contributed by atoms with Crippen molar-refractivity contribution in [2.75, 3.05) is 19.8 Å². The Balaban J connectivity index is 2.21. The highest BCUT2D eigenvalue weighted by molar-refractivity contribution is 5.45. The largest absolute Gasteiger partial charge is 0.416 e. The normalized spacial score (nSPS) is 14.6. The van der Waals surface area contributed by atoms with Crippen molar-refractivity contribution in [3.63, 3.8) is 0 Å². The molecular weight excluding hydrogens is 444 g/mol. The molecule has 0 fully saturated rings. The van der Waals surface area contributed by atoms with E-state index in [1.807, 2.05) is 0 Å². The molecular formula is C25H23F6NO. The summed E-state index contributed by atoms with van der Waals surface area (Å²) in [5.41, 5.74) is -1.23. The fraction of sp³-hybridized carbons (Fsp3) is 0.280. The number of benzene rings is 3. The van der Waals surface area contributed by atoms with Gasteiger partial charge in [-0.2, -0.15) is 13.2 Å². The van der Waals surface area contributed by atoms with E-state index in [4.69, 9.17) is 0 Å². The second-order valence-corrected chi connectivity index (χ2v) is 7.92. The van der Waals surface area contributed by atoms with E-state index in [0.717, 1.165) is 17.7 Å². The minimum absolute atomic E-state index is 0.0209. The molecule has 3 aromatic rings. The summed E-state index contributed by atoms with van der Waals surface area (Å²) in [5, 5.41) is 12.5. The van der Waals surface area contributed by atoms with E-state index >= 15 is 0 Å². The van der Waals surface area contributed by atoms with Gasteiger partial charge in [-0.05, 0) is 53.4 Å². The van der Waals surface area contributed by atoms with Crippen molar-refractivity contribution in [2.45, 2.75) is 24.1 Å². The zero-order valence-electron chi connectivity index (χ0n) is 17.5. The zero-order chi connectivity index (χ0) is 24.1. The van der Waals surface area contributed by atoms with E-state index < -0.39 is 41.6 Å². The standard InChI is InChI=1S/C25H23F6NO/c26-14-23(33)15-32-16-24(13-17-4-2-1-3-5-17,18-6-8-21(27)9-7-18)19-10-20(25(29,30)31)12-22(28)11-19/h1-12,23,32-33H,13-16H2. The Morgan fingerprint density at radius 3 is 2.03 bits per heavy atom. The average Bonchev–Trinajstić information content (AvgIpc) is 2.78. The number of rotatable bonds is 9. The molecule has 0 bridgehead atoms. The molecule has 0 radical (unpaired) electrons. The van der Waals surface area contributed by atoms with Crippen LogP contribution in [0.25, 0.3) is 0 Å². The predicted octanol–water partition coefficient (Wildman–Crippen LogP) is 5.43. The average molecular weight is 467 g/mol. The second-order valence-electron chi connectivity index (χ2n) is 7.92. The Bertz CT molecular complexity index is 1040. The summed E-state index contributed by atoms with van der Waals surface area (Å²) in [6.45, 7) is -1.24. The number of hydrogen-bond donors (Lipinski definition) is 2. The highest BCUT2D eigenvalue weighted by atomic mass is 19.4. The molecule has 2 atom stereocenters. The van der Waals surface area contributed by atoms with E-state index in [2.05, 4.69) is 5.32 Å². The molecule has 2 N–H and O–H groups in total. The van der Waals surface area contributed by atoms with Crippen molar-refractivity contribution in [2.24, 2.45) is 0 Å². The van der Waals surface area contributed by atoms with Gasteiger partial charge in [-0.15, -0.1) is 0 Å². The van der Waals surface area contributed by atoms with Crippen molar-refractivity contribution in [1.29, 1.82) is 0 Å². The smallest absolute Gasteiger partial charge is 0.389 e. The molecule has 3 rings (SSSR count). The molecule has 0 aliphatic rings. The van der Waals surface area contributed by atoms with Crippen molar-refractivity contribution < 1.29 is 31.4 Å². The Labute approximate surface area is 187 Å². The van der Waals surface area contributed by atoms with Crippen LogP contribution in [0.5, 0.6) is 0 Å². The van der Waals surface area contributed by atoms with E-state index in [-0.39, 0.29) is 25.1 Å². The molecule has 0 spiro atoms. The summed E-state index contributed by atoms with van der Waals surface area (Å²) in [4.78, 5) is 0. The van der Waals surface area contributed by atoms with Gasteiger partial charge in [0.2, 0.25) is 0 Å². The molecule has 0 amide bonds. The van der Waals surface area contributed by atoms with Gasteiger partial charge in [0.25, 0.3) is 0 Å². The molecule has 33 heavy (non-hydrogen) atoms. The maximum absolute atomic E-state index is 14.4. The molecule has 3 aromatic carbocycles. The first-order valence-corrected chi connectivity index (χ1v) is 10.3. The van der Waals surface area contributed by atoms with Crippen molar-refractivity contribution in [3.8, 4) is 0 Å². The third-order valence-corrected chi connectivity index (χ3v) is 5.51. The van der Waals surface area contributed by atoms with Crippen LogP contribution in [0.15, 0.2) is 72.8 Å². The van der Waals surface area contributed by atoms with Crippen molar-refractivity contribution in [3.05, 3.63) is 107 Å². The van der Waals surface area contributed by atoms with E-state index in [0.29, 0.717) is 11.6 Å². The SMILES string of the molecule is OC(CF)CNCC(Cc1ccccc1)(c1ccc(F)cc1)c1cc(F)cc(C(F)(F)F)c1. The van der Waals surface area contributed by atoms with Gasteiger partial charge in [0.05, 0.1) is 11.7 Å². The third-order valence-electron chi connectivity index (χ3n) is 5.51. The quantitative estimate of drug-likeness (QED) is 0.411. The Morgan fingerprint density at radius 2 is 1.42 bits per heavy atom. The zero-order valence-corrected chi connectivity index (χ0v) is 17.5. The number of alkyl halides is 4. The molecule has 176 valence electrons. The van der Waals surface area contributed by atoms with Crippen LogP contribution < -0.4 is 5.32 Å². The van der Waals surface area contributed by atoms with Gasteiger partial charge in [-0.3, -0.25) is 0 Å². The van der Waals surface area contributed by atoms with Crippen LogP contribution in [0.1, 0.15) is 22.3 Å². The van der Waals surface area contributed by atoms with Gasteiger partial charge in [0, 0.05) is 18.5 Å². The Hall–Kier alpha value is -2.84. The monoisotopic (exact) mass is 467 g/mol. The topological polar surface area (TPSA) is 32.3 Å². The molecule has 8 heteroatoms. The highest BCUT2D eigenvalue weighted by Crippen LogP contribution is 2.39. The van der Waals surface area contributed by atoms with E-state index in [9.17, 15) is 31.4 Å². The summed E-state index contributed by atoms with van der Waals surface area (Å²) in [6, 6.07) is 16.4. The highest BCUT2D eigenvalue weighted by Gasteiger charge is 2.38. The molecule has 0 saturated heterocycles. The first kappa shape index (κ1) is 24.8. The van der Waals surface area contributed by atoms with Crippen LogP contribution in [-0.4, -0.2) is 31.0 Å². The summed E-state index contributed by atoms with van der Waals surface area (Å²) in [6.07, 6.45) is -5.96. The maximum Gasteiger partial charge on any atom is 0.416 e. The van der Waals surface area contributed by atoms with Crippen molar-refractivity contribution in [1.82, 2.24) is 5.32 Å². The number of aliphatic hydroxyl groups is 1. The number of halogens is 6. The Morgan fingerprint density at radius 1 is 0.788 bits per heavy atom. The summed E-state index contributed by atoms with van der Waals surface area (Å²) >= 11 is 0. The van der Waals surface area contributed by atoms with Crippen LogP contribution >= 0.6 is 0 Å². The van der Waals surface area contributed by atoms with Gasteiger partial charge in [-0.1, -0.05) is 42.5 Å². The van der Waals surface area contributed by atoms with Crippen LogP contribution in [-0.2, 0) is 18.0 Å². The van der Waals surface area contributed by atoms with Crippen LogP contribution in [0.2, 0.25) is 0 Å². The molecule has 2 nitrogen and oxygen atoms in total. The number of aliphatic hydroxyl groups excluding tert-OH is 1. The lowest BCUT2D eigenvalue weighted by atomic mass is 9.70. The summed E-state index contributed by atoms with van der Waals surface area (Å²) < 4.78 is 81.5. The Kier molecular flexibility index (Phi) is 7.81. The first-order chi connectivity index (χ1) is 15.6. The third kappa shape index (κ3) is 6.15. The van der Waals surface area contributed by atoms with E-state index in [1.165, 1.54) is 24.3 Å². The number of nitrogens with one attached hydrogen (secondary N) is 1. The van der Waals surface area contributed by atoms with Crippen LogP contribution in [0.4, 0.5) is 26.3 Å². The molecule has 0 aliphatic heterocycles. The molecule has 0 heterocycles. The van der Waals surface area contributed by atoms with Gasteiger partial charge in [-0.25, -0.2) is 13.2 Å². The van der Waals surface area contributed by atoms with Crippen molar-refractivity contribution >= 4 is 0 Å². The number of hydrogen-bond acceptors (Lipinski definition) is 2. The minimum atomic E-state index is -4.78. The lowest BCUT2D eigenvalue weighted by Gasteiger charge is -2.36.